The third kappa shape index (κ3) is 1.62. The maximum atomic E-state index is 12.6. The summed E-state index contributed by atoms with van der Waals surface area (Å²) in [6.45, 7) is 1.74. The lowest BCUT2D eigenvalue weighted by molar-refractivity contribution is -0.136. The van der Waals surface area contributed by atoms with E-state index < -0.39 is 11.7 Å². The van der Waals surface area contributed by atoms with Gasteiger partial charge >= 0.3 is 6.18 Å². The van der Waals surface area contributed by atoms with Gasteiger partial charge in [0.05, 0.1) is 17.3 Å². The minimum atomic E-state index is -4.37. The van der Waals surface area contributed by atoms with Gasteiger partial charge in [-0.3, -0.25) is 5.10 Å². The summed E-state index contributed by atoms with van der Waals surface area (Å²) in [6, 6.07) is 1.07. The number of alkyl halides is 3. The van der Waals surface area contributed by atoms with Gasteiger partial charge in [-0.2, -0.15) is 18.3 Å². The fourth-order valence-electron chi connectivity index (χ4n) is 1.44. The van der Waals surface area contributed by atoms with E-state index in [2.05, 4.69) is 26.1 Å². The van der Waals surface area contributed by atoms with E-state index in [1.807, 2.05) is 0 Å². The van der Waals surface area contributed by atoms with Crippen molar-refractivity contribution in [3.63, 3.8) is 0 Å². The van der Waals surface area contributed by atoms with Gasteiger partial charge in [0.15, 0.2) is 0 Å². The standard InChI is InChI=1S/C9H6BrF3N2/c1-4-5-3-14-15-8(5)6(2-7(4)10)9(11,12)13/h2-3H,1H3,(H,14,15). The molecule has 2 rings (SSSR count). The molecule has 0 bridgehead atoms. The Labute approximate surface area is 91.6 Å². The largest absolute Gasteiger partial charge is 0.418 e. The number of fused-ring (bicyclic) bond motifs is 1. The van der Waals surface area contributed by atoms with E-state index in [4.69, 9.17) is 0 Å². The summed E-state index contributed by atoms with van der Waals surface area (Å²) in [6.07, 6.45) is -2.98. The molecule has 0 saturated carbocycles. The molecule has 1 aromatic carbocycles. The Bertz CT molecular complexity index is 516. The van der Waals surface area contributed by atoms with Crippen molar-refractivity contribution in [1.29, 1.82) is 0 Å². The molecule has 0 amide bonds. The predicted octanol–water partition coefficient (Wildman–Crippen LogP) is 3.65. The van der Waals surface area contributed by atoms with Crippen molar-refractivity contribution in [2.45, 2.75) is 13.1 Å². The topological polar surface area (TPSA) is 28.7 Å². The van der Waals surface area contributed by atoms with E-state index in [1.165, 1.54) is 6.20 Å². The van der Waals surface area contributed by atoms with Crippen LogP contribution in [0.1, 0.15) is 11.1 Å². The summed E-state index contributed by atoms with van der Waals surface area (Å²) in [5, 5.41) is 6.49. The molecule has 1 heterocycles. The van der Waals surface area contributed by atoms with Crippen LogP contribution in [0.3, 0.4) is 0 Å². The van der Waals surface area contributed by atoms with Crippen LogP contribution >= 0.6 is 15.9 Å². The SMILES string of the molecule is Cc1c(Br)cc(C(F)(F)F)c2[nH]ncc12. The molecule has 0 aliphatic rings. The van der Waals surface area contributed by atoms with Gasteiger partial charge in [0.2, 0.25) is 0 Å². The van der Waals surface area contributed by atoms with E-state index in [-0.39, 0.29) is 5.52 Å². The predicted molar refractivity (Wildman–Crippen MR) is 53.5 cm³/mol. The van der Waals surface area contributed by atoms with Crippen molar-refractivity contribution < 1.29 is 13.2 Å². The van der Waals surface area contributed by atoms with E-state index >= 15 is 0 Å². The summed E-state index contributed by atoms with van der Waals surface area (Å²) < 4.78 is 38.3. The van der Waals surface area contributed by atoms with Crippen LogP contribution in [-0.2, 0) is 6.18 Å². The molecule has 1 N–H and O–H groups in total. The van der Waals surface area contributed by atoms with Gasteiger partial charge in [-0.1, -0.05) is 15.9 Å². The van der Waals surface area contributed by atoms with Gasteiger partial charge in [-0.15, -0.1) is 0 Å². The molecule has 1 aromatic heterocycles. The second kappa shape index (κ2) is 3.23. The lowest BCUT2D eigenvalue weighted by atomic mass is 10.1. The van der Waals surface area contributed by atoms with Gasteiger partial charge in [-0.25, -0.2) is 0 Å². The number of aromatic amines is 1. The zero-order valence-electron chi connectivity index (χ0n) is 7.61. The van der Waals surface area contributed by atoms with Crippen molar-refractivity contribution >= 4 is 26.8 Å². The van der Waals surface area contributed by atoms with Gasteiger partial charge in [0.1, 0.15) is 0 Å². The summed E-state index contributed by atoms with van der Waals surface area (Å²) in [5.74, 6) is 0. The Kier molecular flexibility index (Phi) is 2.26. The second-order valence-corrected chi connectivity index (χ2v) is 4.04. The molecule has 15 heavy (non-hydrogen) atoms. The normalized spacial score (nSPS) is 12.3. The molecule has 0 aliphatic heterocycles. The van der Waals surface area contributed by atoms with Crippen LogP contribution in [0.5, 0.6) is 0 Å². The van der Waals surface area contributed by atoms with Crippen molar-refractivity contribution in [1.82, 2.24) is 10.2 Å². The number of benzene rings is 1. The Balaban J connectivity index is 2.86. The number of halogens is 4. The monoisotopic (exact) mass is 278 g/mol. The van der Waals surface area contributed by atoms with E-state index in [1.54, 1.807) is 6.92 Å². The maximum absolute atomic E-state index is 12.6. The van der Waals surface area contributed by atoms with Gasteiger partial charge in [0, 0.05) is 9.86 Å². The van der Waals surface area contributed by atoms with E-state index in [9.17, 15) is 13.2 Å². The first-order valence-electron chi connectivity index (χ1n) is 4.10. The van der Waals surface area contributed by atoms with Crippen molar-refractivity contribution in [2.24, 2.45) is 0 Å². The number of nitrogens with zero attached hydrogens (tertiary/aromatic N) is 1. The fraction of sp³-hybridized carbons (Fsp3) is 0.222. The van der Waals surface area contributed by atoms with Crippen LogP contribution < -0.4 is 0 Å². The first kappa shape index (κ1) is 10.5. The highest BCUT2D eigenvalue weighted by Gasteiger charge is 2.34. The molecule has 2 nitrogen and oxygen atoms in total. The minimum Gasteiger partial charge on any atom is -0.277 e. The number of hydrogen-bond donors (Lipinski definition) is 1. The molecule has 0 atom stereocenters. The van der Waals surface area contributed by atoms with Crippen LogP contribution in [0.15, 0.2) is 16.7 Å². The van der Waals surface area contributed by atoms with Crippen LogP contribution in [0.4, 0.5) is 13.2 Å². The highest BCUT2D eigenvalue weighted by molar-refractivity contribution is 9.10. The highest BCUT2D eigenvalue weighted by atomic mass is 79.9. The number of hydrogen-bond acceptors (Lipinski definition) is 1. The Morgan fingerprint density at radius 1 is 1.40 bits per heavy atom. The van der Waals surface area contributed by atoms with E-state index in [0.29, 0.717) is 9.86 Å². The fourth-order valence-corrected chi connectivity index (χ4v) is 1.88. The molecule has 6 heteroatoms. The number of rotatable bonds is 0. The molecule has 0 unspecified atom stereocenters. The van der Waals surface area contributed by atoms with Crippen LogP contribution in [0.2, 0.25) is 0 Å². The average Bonchev–Trinajstić information content (AvgIpc) is 2.57. The third-order valence-corrected chi connectivity index (χ3v) is 3.07. The molecule has 80 valence electrons. The number of nitrogens with one attached hydrogen (secondary N) is 1. The smallest absolute Gasteiger partial charge is 0.277 e. The van der Waals surface area contributed by atoms with Gasteiger partial charge in [0.25, 0.3) is 0 Å². The zero-order valence-corrected chi connectivity index (χ0v) is 9.20. The third-order valence-electron chi connectivity index (χ3n) is 2.25. The number of aromatic nitrogens is 2. The van der Waals surface area contributed by atoms with Crippen molar-refractivity contribution in [3.8, 4) is 0 Å². The van der Waals surface area contributed by atoms with Gasteiger partial charge in [-0.05, 0) is 18.6 Å². The second-order valence-electron chi connectivity index (χ2n) is 3.19. The molecule has 0 fully saturated rings. The Morgan fingerprint density at radius 2 is 2.07 bits per heavy atom. The molecular weight excluding hydrogens is 273 g/mol. The molecule has 2 aromatic rings. The summed E-state index contributed by atoms with van der Waals surface area (Å²) >= 11 is 3.10. The van der Waals surface area contributed by atoms with E-state index in [0.717, 1.165) is 11.6 Å². The lowest BCUT2D eigenvalue weighted by Crippen LogP contribution is -2.06. The average molecular weight is 279 g/mol. The first-order valence-corrected chi connectivity index (χ1v) is 4.90. The molecule has 0 spiro atoms. The summed E-state index contributed by atoms with van der Waals surface area (Å²) in [4.78, 5) is 0. The van der Waals surface area contributed by atoms with Crippen LogP contribution in [0.25, 0.3) is 10.9 Å². The van der Waals surface area contributed by atoms with Crippen LogP contribution in [0, 0.1) is 6.92 Å². The highest BCUT2D eigenvalue weighted by Crippen LogP contribution is 2.37. The molecular formula is C9H6BrF3N2. The zero-order chi connectivity index (χ0) is 11.2. The van der Waals surface area contributed by atoms with Gasteiger partial charge < -0.3 is 0 Å². The molecule has 0 saturated heterocycles. The minimum absolute atomic E-state index is 0.0307. The first-order chi connectivity index (χ1) is 6.91. The quantitative estimate of drug-likeness (QED) is 0.783. The maximum Gasteiger partial charge on any atom is 0.418 e. The van der Waals surface area contributed by atoms with Crippen LogP contribution in [-0.4, -0.2) is 10.2 Å². The number of H-pyrrole nitrogens is 1. The summed E-state index contributed by atoms with van der Waals surface area (Å²) in [5.41, 5.74) is 0.0717. The Hall–Kier alpha value is -1.04. The Morgan fingerprint density at radius 3 is 2.67 bits per heavy atom. The molecule has 0 aliphatic carbocycles. The van der Waals surface area contributed by atoms with Crippen molar-refractivity contribution in [2.75, 3.05) is 0 Å². The number of aryl methyl sites for hydroxylation is 1. The lowest BCUT2D eigenvalue weighted by Gasteiger charge is -2.10. The summed E-state index contributed by atoms with van der Waals surface area (Å²) in [7, 11) is 0. The molecule has 0 radical (unpaired) electrons. The van der Waals surface area contributed by atoms with Crippen molar-refractivity contribution in [3.05, 3.63) is 27.9 Å².